The normalized spacial score (nSPS) is 12.3. The third-order valence-corrected chi connectivity index (χ3v) is 6.93. The zero-order valence-corrected chi connectivity index (χ0v) is 17.0. The molecule has 0 aromatic carbocycles. The van der Waals surface area contributed by atoms with E-state index in [1.807, 2.05) is 13.8 Å². The van der Waals surface area contributed by atoms with Crippen molar-refractivity contribution in [3.8, 4) is 0 Å². The van der Waals surface area contributed by atoms with E-state index in [0.29, 0.717) is 43.6 Å². The third-order valence-electron chi connectivity index (χ3n) is 3.73. The minimum absolute atomic E-state index is 0.0772. The molecule has 0 spiro atoms. The second-order valence-electron chi connectivity index (χ2n) is 5.10. The molecule has 0 fully saturated rings. The van der Waals surface area contributed by atoms with Gasteiger partial charge in [-0.2, -0.15) is 0 Å². The molecule has 9 nitrogen and oxygen atoms in total. The van der Waals surface area contributed by atoms with E-state index in [0.717, 1.165) is 0 Å². The van der Waals surface area contributed by atoms with Gasteiger partial charge in [0, 0.05) is 37.9 Å². The fraction of sp³-hybridized carbons (Fsp3) is 0.769. The van der Waals surface area contributed by atoms with Crippen molar-refractivity contribution in [2.45, 2.75) is 20.5 Å². The van der Waals surface area contributed by atoms with Gasteiger partial charge in [-0.1, -0.05) is 18.8 Å². The van der Waals surface area contributed by atoms with Gasteiger partial charge in [0.15, 0.2) is 0 Å². The van der Waals surface area contributed by atoms with Crippen LogP contribution in [0.4, 0.5) is 5.95 Å². The van der Waals surface area contributed by atoms with Gasteiger partial charge in [0.1, 0.15) is 18.5 Å². The quantitative estimate of drug-likeness (QED) is 0.224. The van der Waals surface area contributed by atoms with E-state index in [1.165, 1.54) is 17.8 Å². The summed E-state index contributed by atoms with van der Waals surface area (Å²) in [5, 5.41) is 10.9. The second kappa shape index (κ2) is 10.4. The van der Waals surface area contributed by atoms with Gasteiger partial charge in [-0.05, 0) is 4.92 Å². The van der Waals surface area contributed by atoms with Crippen LogP contribution in [0.5, 0.6) is 0 Å². The van der Waals surface area contributed by atoms with E-state index in [9.17, 15) is 14.7 Å². The molecule has 1 aromatic heterocycles. The van der Waals surface area contributed by atoms with Gasteiger partial charge < -0.3 is 10.1 Å². The molecule has 12 heteroatoms. The summed E-state index contributed by atoms with van der Waals surface area (Å²) < 4.78 is 24.1. The minimum Gasteiger partial charge on any atom is -0.390 e. The number of aromatic nitrogens is 2. The number of hydrogen-bond donors (Lipinski definition) is 0. The van der Waals surface area contributed by atoms with Gasteiger partial charge >= 0.3 is 13.6 Å². The molecular formula is C13H24Cl2N5O4P. The molecule has 0 amide bonds. The average Bonchev–Trinajstić information content (AvgIpc) is 2.96. The first-order chi connectivity index (χ1) is 11.8. The number of imidazole rings is 1. The van der Waals surface area contributed by atoms with Gasteiger partial charge in [-0.15, -0.1) is 23.2 Å². The number of halogens is 2. The molecule has 0 unspecified atom stereocenters. The monoisotopic (exact) mass is 415 g/mol. The first-order valence-electron chi connectivity index (χ1n) is 7.87. The van der Waals surface area contributed by atoms with Gasteiger partial charge in [-0.3, -0.25) is 9.09 Å². The number of nitrogens with zero attached hydrogens (tertiary/aromatic N) is 5. The Morgan fingerprint density at radius 2 is 1.80 bits per heavy atom. The lowest BCUT2D eigenvalue weighted by molar-refractivity contribution is -0.396. The van der Waals surface area contributed by atoms with E-state index in [-0.39, 0.29) is 12.6 Å². The molecule has 0 N–H and O–H groups in total. The Labute approximate surface area is 157 Å². The maximum absolute atomic E-state index is 13.6. The fourth-order valence-corrected chi connectivity index (χ4v) is 5.40. The van der Waals surface area contributed by atoms with Gasteiger partial charge in [0.2, 0.25) is 0 Å². The predicted octanol–water partition coefficient (Wildman–Crippen LogP) is 3.07. The summed E-state index contributed by atoms with van der Waals surface area (Å²) in [6.45, 7) is 5.39. The summed E-state index contributed by atoms with van der Waals surface area (Å²) in [7, 11) is -1.87. The lowest BCUT2D eigenvalue weighted by Crippen LogP contribution is -2.35. The highest BCUT2D eigenvalue weighted by atomic mass is 35.5. The standard InChI is InChI=1S/C13H24Cl2N5O4P/c1-4-18(8-6-14)25(23,19(5-2)9-7-15)24-11-12-10-16-13(17(12)3)20(21)22/h10H,4-9,11H2,1-3H3. The third kappa shape index (κ3) is 5.39. The highest BCUT2D eigenvalue weighted by molar-refractivity contribution is 7.53. The van der Waals surface area contributed by atoms with Crippen LogP contribution in [0.2, 0.25) is 0 Å². The second-order valence-corrected chi connectivity index (χ2v) is 8.23. The number of hydrogen-bond acceptors (Lipinski definition) is 5. The molecule has 1 rings (SSSR count). The van der Waals surface area contributed by atoms with Gasteiger partial charge in [0.05, 0.1) is 7.05 Å². The van der Waals surface area contributed by atoms with Crippen LogP contribution in [-0.2, 0) is 22.7 Å². The molecule has 0 radical (unpaired) electrons. The minimum atomic E-state index is -3.39. The molecule has 144 valence electrons. The molecule has 0 saturated heterocycles. The lowest BCUT2D eigenvalue weighted by atomic mass is 10.5. The zero-order valence-electron chi connectivity index (χ0n) is 14.6. The molecular weight excluding hydrogens is 392 g/mol. The summed E-state index contributed by atoms with van der Waals surface area (Å²) in [6.07, 6.45) is 1.35. The summed E-state index contributed by atoms with van der Waals surface area (Å²) >= 11 is 11.7. The molecule has 0 aliphatic heterocycles. The van der Waals surface area contributed by atoms with Crippen molar-refractivity contribution in [2.75, 3.05) is 37.9 Å². The first kappa shape index (κ1) is 22.3. The van der Waals surface area contributed by atoms with Crippen molar-refractivity contribution in [1.82, 2.24) is 18.9 Å². The summed E-state index contributed by atoms with van der Waals surface area (Å²) in [5.41, 5.74) is 0.454. The number of alkyl halides is 2. The molecule has 25 heavy (non-hydrogen) atoms. The van der Waals surface area contributed by atoms with Crippen LogP contribution < -0.4 is 0 Å². The van der Waals surface area contributed by atoms with E-state index < -0.39 is 12.6 Å². The Morgan fingerprint density at radius 3 is 2.16 bits per heavy atom. The Morgan fingerprint density at radius 1 is 1.28 bits per heavy atom. The van der Waals surface area contributed by atoms with Crippen LogP contribution in [0.1, 0.15) is 19.5 Å². The Hall–Kier alpha value is -0.700. The number of rotatable bonds is 12. The van der Waals surface area contributed by atoms with E-state index >= 15 is 0 Å². The van der Waals surface area contributed by atoms with Crippen LogP contribution >= 0.6 is 30.9 Å². The molecule has 0 saturated carbocycles. The Balaban J connectivity index is 3.08. The first-order valence-corrected chi connectivity index (χ1v) is 10.5. The molecule has 1 heterocycles. The van der Waals surface area contributed by atoms with E-state index in [2.05, 4.69) is 4.98 Å². The lowest BCUT2D eigenvalue weighted by Gasteiger charge is -2.36. The molecule has 1 aromatic rings. The average molecular weight is 416 g/mol. The van der Waals surface area contributed by atoms with Crippen LogP contribution in [0.3, 0.4) is 0 Å². The molecule has 0 bridgehead atoms. The number of nitro groups is 1. The van der Waals surface area contributed by atoms with Crippen LogP contribution in [-0.4, -0.2) is 61.8 Å². The Bertz CT molecular complexity index is 597. The molecule has 0 atom stereocenters. The highest BCUT2D eigenvalue weighted by Gasteiger charge is 2.37. The van der Waals surface area contributed by atoms with Crippen LogP contribution in [0.15, 0.2) is 6.20 Å². The fourth-order valence-electron chi connectivity index (χ4n) is 2.35. The van der Waals surface area contributed by atoms with E-state index in [1.54, 1.807) is 9.34 Å². The summed E-state index contributed by atoms with van der Waals surface area (Å²) in [5.74, 6) is 0.308. The van der Waals surface area contributed by atoms with Gasteiger partial charge in [-0.25, -0.2) is 13.9 Å². The van der Waals surface area contributed by atoms with E-state index in [4.69, 9.17) is 27.7 Å². The maximum atomic E-state index is 13.6. The van der Waals surface area contributed by atoms with Crippen molar-refractivity contribution in [3.05, 3.63) is 22.0 Å². The zero-order chi connectivity index (χ0) is 19.0. The maximum Gasteiger partial charge on any atom is 0.434 e. The summed E-state index contributed by atoms with van der Waals surface area (Å²) in [6, 6.07) is 0. The smallest absolute Gasteiger partial charge is 0.390 e. The van der Waals surface area contributed by atoms with Crippen molar-refractivity contribution in [3.63, 3.8) is 0 Å². The SMILES string of the molecule is CCN(CCCl)P(=O)(OCc1cnc([N+](=O)[O-])n1C)N(CC)CCCl. The molecule has 0 aliphatic rings. The van der Waals surface area contributed by atoms with Crippen molar-refractivity contribution in [1.29, 1.82) is 0 Å². The van der Waals surface area contributed by atoms with Crippen molar-refractivity contribution < 1.29 is 14.0 Å². The highest BCUT2D eigenvalue weighted by Crippen LogP contribution is 2.54. The summed E-state index contributed by atoms with van der Waals surface area (Å²) in [4.78, 5) is 14.1. The Kier molecular flexibility index (Phi) is 9.34. The van der Waals surface area contributed by atoms with Crippen molar-refractivity contribution in [2.24, 2.45) is 7.05 Å². The van der Waals surface area contributed by atoms with Crippen molar-refractivity contribution >= 4 is 36.8 Å². The van der Waals surface area contributed by atoms with Gasteiger partial charge in [0.25, 0.3) is 0 Å². The van der Waals surface area contributed by atoms with Crippen LogP contribution in [0.25, 0.3) is 0 Å². The largest absolute Gasteiger partial charge is 0.434 e. The topological polar surface area (TPSA) is 93.7 Å². The molecule has 0 aliphatic carbocycles. The predicted molar refractivity (Wildman–Crippen MR) is 98.2 cm³/mol. The van der Waals surface area contributed by atoms with Crippen LogP contribution in [0, 0.1) is 10.1 Å².